The molecule has 2 N–H and O–H groups in total. The van der Waals surface area contributed by atoms with Crippen molar-refractivity contribution in [1.82, 2.24) is 14.7 Å². The summed E-state index contributed by atoms with van der Waals surface area (Å²) >= 11 is 1.75. The molecule has 0 amide bonds. The largest absolute Gasteiger partial charge is 0.416 e. The highest BCUT2D eigenvalue weighted by Crippen LogP contribution is 2.53. The normalized spacial score (nSPS) is 19.9. The molecule has 0 aromatic heterocycles. The molecule has 1 aliphatic carbocycles. The number of nitrogens with zero attached hydrogens (tertiary/aromatic N) is 3. The van der Waals surface area contributed by atoms with E-state index in [0.29, 0.717) is 13.2 Å². The van der Waals surface area contributed by atoms with Crippen LogP contribution in [-0.4, -0.2) is 53.8 Å². The lowest BCUT2D eigenvalue weighted by Crippen LogP contribution is -2.48. The van der Waals surface area contributed by atoms with Crippen LogP contribution in [0.2, 0.25) is 0 Å². The van der Waals surface area contributed by atoms with Gasteiger partial charge in [0.05, 0.1) is 12.2 Å². The van der Waals surface area contributed by atoms with Crippen LogP contribution in [-0.2, 0) is 19.3 Å². The maximum absolute atomic E-state index is 15.0. The van der Waals surface area contributed by atoms with E-state index in [1.165, 1.54) is 16.0 Å². The first-order chi connectivity index (χ1) is 21.1. The van der Waals surface area contributed by atoms with Gasteiger partial charge in [-0.25, -0.2) is 4.39 Å². The summed E-state index contributed by atoms with van der Waals surface area (Å²) in [6.45, 7) is 4.45. The summed E-state index contributed by atoms with van der Waals surface area (Å²) in [7, 11) is 0. The third-order valence-electron chi connectivity index (χ3n) is 9.77. The number of hydrogen-bond acceptors (Lipinski definition) is 5. The van der Waals surface area contributed by atoms with Crippen molar-refractivity contribution in [2.75, 3.05) is 39.1 Å². The molecular weight excluding hydrogens is 584 g/mol. The number of fused-ring (bicyclic) bond motifs is 1. The molecule has 234 valence electrons. The fourth-order valence-electron chi connectivity index (χ4n) is 7.42. The van der Waals surface area contributed by atoms with Crippen LogP contribution in [0.3, 0.4) is 0 Å². The van der Waals surface area contributed by atoms with Crippen molar-refractivity contribution in [3.8, 4) is 0 Å². The SMILES string of the molecule is CSc1cccc(CN2CCC3(CCC4=C3CN(C[C@H](N)c3ccccc3)CN4Cc3c(F)cccc3C(F)(F)F)CC2)c1. The maximum Gasteiger partial charge on any atom is 0.416 e. The number of likely N-dealkylation sites (tertiary alicyclic amines) is 1. The molecule has 1 atom stereocenters. The molecule has 0 unspecified atom stereocenters. The minimum atomic E-state index is -4.63. The summed E-state index contributed by atoms with van der Waals surface area (Å²) in [6.07, 6.45) is 1.26. The Labute approximate surface area is 261 Å². The Morgan fingerprint density at radius 2 is 1.66 bits per heavy atom. The van der Waals surface area contributed by atoms with Crippen LogP contribution >= 0.6 is 11.8 Å². The highest BCUT2D eigenvalue weighted by Gasteiger charge is 2.47. The minimum absolute atomic E-state index is 0.00278. The van der Waals surface area contributed by atoms with Crippen LogP contribution in [0, 0.1) is 11.2 Å². The summed E-state index contributed by atoms with van der Waals surface area (Å²) < 4.78 is 57.0. The molecule has 3 aromatic carbocycles. The van der Waals surface area contributed by atoms with Crippen molar-refractivity contribution in [1.29, 1.82) is 0 Å². The Hall–Kier alpha value is -2.85. The summed E-state index contributed by atoms with van der Waals surface area (Å²) in [6, 6.07) is 21.6. The van der Waals surface area contributed by atoms with Gasteiger partial charge in [0, 0.05) is 48.4 Å². The Kier molecular flexibility index (Phi) is 9.11. The predicted octanol–water partition coefficient (Wildman–Crippen LogP) is 7.67. The van der Waals surface area contributed by atoms with E-state index in [9.17, 15) is 13.2 Å². The zero-order valence-corrected chi connectivity index (χ0v) is 25.9. The van der Waals surface area contributed by atoms with Gasteiger partial charge in [-0.05, 0) is 91.4 Å². The number of allylic oxidation sites excluding steroid dienone is 1. The maximum atomic E-state index is 15.0. The quantitative estimate of drug-likeness (QED) is 0.206. The molecule has 1 saturated heterocycles. The van der Waals surface area contributed by atoms with Gasteiger partial charge in [-0.15, -0.1) is 11.8 Å². The molecule has 44 heavy (non-hydrogen) atoms. The monoisotopic (exact) mass is 624 g/mol. The van der Waals surface area contributed by atoms with Crippen LogP contribution in [0.5, 0.6) is 0 Å². The number of rotatable bonds is 8. The molecule has 2 heterocycles. The smallest absolute Gasteiger partial charge is 0.357 e. The van der Waals surface area contributed by atoms with Gasteiger partial charge in [0.15, 0.2) is 0 Å². The lowest BCUT2D eigenvalue weighted by Gasteiger charge is -2.46. The molecule has 3 aliphatic rings. The van der Waals surface area contributed by atoms with Crippen molar-refractivity contribution in [3.05, 3.63) is 112 Å². The molecule has 0 bridgehead atoms. The van der Waals surface area contributed by atoms with Crippen LogP contribution in [0.4, 0.5) is 17.6 Å². The van der Waals surface area contributed by atoms with Crippen LogP contribution < -0.4 is 5.73 Å². The topological polar surface area (TPSA) is 35.7 Å². The summed E-state index contributed by atoms with van der Waals surface area (Å²) in [5, 5.41) is 0. The van der Waals surface area contributed by atoms with Gasteiger partial charge in [-0.2, -0.15) is 13.2 Å². The van der Waals surface area contributed by atoms with Crippen LogP contribution in [0.15, 0.2) is 89.0 Å². The van der Waals surface area contributed by atoms with Crippen LogP contribution in [0.25, 0.3) is 0 Å². The van der Waals surface area contributed by atoms with E-state index in [-0.39, 0.29) is 23.6 Å². The first-order valence-corrected chi connectivity index (χ1v) is 16.6. The van der Waals surface area contributed by atoms with E-state index in [4.69, 9.17) is 5.73 Å². The molecule has 1 spiro atoms. The fraction of sp³-hybridized carbons (Fsp3) is 0.429. The molecule has 9 heteroatoms. The minimum Gasteiger partial charge on any atom is -0.357 e. The molecule has 2 aliphatic heterocycles. The Balaban J connectivity index is 1.26. The highest BCUT2D eigenvalue weighted by atomic mass is 32.2. The second-order valence-electron chi connectivity index (χ2n) is 12.5. The Morgan fingerprint density at radius 1 is 0.909 bits per heavy atom. The second kappa shape index (κ2) is 12.9. The first kappa shape index (κ1) is 31.1. The Bertz CT molecular complexity index is 1480. The van der Waals surface area contributed by atoms with Crippen molar-refractivity contribution in [3.63, 3.8) is 0 Å². The highest BCUT2D eigenvalue weighted by molar-refractivity contribution is 7.98. The van der Waals surface area contributed by atoms with Crippen molar-refractivity contribution in [2.24, 2.45) is 11.1 Å². The number of hydrogen-bond donors (Lipinski definition) is 1. The van der Waals surface area contributed by atoms with Crippen molar-refractivity contribution in [2.45, 2.75) is 55.9 Å². The van der Waals surface area contributed by atoms with Gasteiger partial charge in [0.2, 0.25) is 0 Å². The van der Waals surface area contributed by atoms with Crippen molar-refractivity contribution < 1.29 is 17.6 Å². The first-order valence-electron chi connectivity index (χ1n) is 15.4. The van der Waals surface area contributed by atoms with Gasteiger partial charge in [-0.3, -0.25) is 9.80 Å². The third kappa shape index (κ3) is 6.57. The van der Waals surface area contributed by atoms with Gasteiger partial charge in [-0.1, -0.05) is 48.5 Å². The molecule has 6 rings (SSSR count). The van der Waals surface area contributed by atoms with E-state index >= 15 is 4.39 Å². The Morgan fingerprint density at radius 3 is 2.39 bits per heavy atom. The van der Waals surface area contributed by atoms with Gasteiger partial charge >= 0.3 is 6.18 Å². The van der Waals surface area contributed by atoms with Gasteiger partial charge in [0.1, 0.15) is 5.82 Å². The molecule has 0 saturated carbocycles. The number of alkyl halides is 3. The van der Waals surface area contributed by atoms with Crippen LogP contribution in [0.1, 0.15) is 54.0 Å². The summed E-state index contributed by atoms with van der Waals surface area (Å²) in [5.41, 5.74) is 10.2. The van der Waals surface area contributed by atoms with E-state index in [2.05, 4.69) is 40.3 Å². The summed E-state index contributed by atoms with van der Waals surface area (Å²) in [5.74, 6) is -0.813. The number of halogens is 4. The molecule has 3 aromatic rings. The van der Waals surface area contributed by atoms with E-state index in [1.807, 2.05) is 35.2 Å². The standard InChI is InChI=1S/C35H40F4N4S/c1-44-27-10-5-7-25(19-27)20-41-17-15-34(16-18-41)14-13-33-30(34)22-42(23-32(40)26-8-3-2-4-9-26)24-43(33)21-28-29(35(37,38)39)11-6-12-31(28)36/h2-12,19,32H,13-18,20-24,40H2,1H3/t32-/m0/s1. The molecular formula is C35H40F4N4S. The lowest BCUT2D eigenvalue weighted by atomic mass is 9.72. The number of thioether (sulfide) groups is 1. The molecule has 4 nitrogen and oxygen atoms in total. The van der Waals surface area contributed by atoms with E-state index in [1.54, 1.807) is 11.8 Å². The van der Waals surface area contributed by atoms with Crippen molar-refractivity contribution >= 4 is 11.8 Å². The number of benzene rings is 3. The zero-order chi connectivity index (χ0) is 30.9. The van der Waals surface area contributed by atoms with Gasteiger partial charge < -0.3 is 10.6 Å². The predicted molar refractivity (Wildman–Crippen MR) is 168 cm³/mol. The third-order valence-corrected chi connectivity index (χ3v) is 10.5. The van der Waals surface area contributed by atoms with E-state index < -0.39 is 17.6 Å². The second-order valence-corrected chi connectivity index (χ2v) is 13.3. The lowest BCUT2D eigenvalue weighted by molar-refractivity contribution is -0.138. The van der Waals surface area contributed by atoms with Gasteiger partial charge in [0.25, 0.3) is 0 Å². The fourth-order valence-corrected chi connectivity index (χ4v) is 7.91. The zero-order valence-electron chi connectivity index (χ0n) is 25.1. The summed E-state index contributed by atoms with van der Waals surface area (Å²) in [4.78, 5) is 8.03. The average Bonchev–Trinajstić information content (AvgIpc) is 3.37. The van der Waals surface area contributed by atoms with E-state index in [0.717, 1.165) is 81.3 Å². The molecule has 0 radical (unpaired) electrons. The number of nitrogens with two attached hydrogens (primary N) is 1. The molecule has 1 fully saturated rings. The number of piperidine rings is 1. The average molecular weight is 625 g/mol.